The molecule has 0 bridgehead atoms. The molecule has 0 spiro atoms. The zero-order valence-corrected chi connectivity index (χ0v) is 12.4. The first-order valence-corrected chi connectivity index (χ1v) is 8.53. The molecule has 0 saturated carbocycles. The van der Waals surface area contributed by atoms with Crippen LogP contribution in [0, 0.1) is 5.92 Å². The van der Waals surface area contributed by atoms with Gasteiger partial charge in [-0.3, -0.25) is 0 Å². The maximum Gasteiger partial charge on any atom is 0.208 e. The van der Waals surface area contributed by atoms with E-state index in [4.69, 9.17) is 11.6 Å². The Hall–Kier alpha value is -0.850. The highest BCUT2D eigenvalue weighted by molar-refractivity contribution is 7.88. The standard InChI is InChI=1S/C12H18ClN3O2S/c1-19(17,18)15-8-10-4-3-7-16(9-10)12-11(13)5-2-6-14-12/h2,5-6,10,15H,3-4,7-9H2,1H3/t10-/m0/s1. The fraction of sp³-hybridized carbons (Fsp3) is 0.583. The normalized spacial score (nSPS) is 20.5. The van der Waals surface area contributed by atoms with Gasteiger partial charge in [0.2, 0.25) is 10.0 Å². The molecular formula is C12H18ClN3O2S. The van der Waals surface area contributed by atoms with E-state index >= 15 is 0 Å². The van der Waals surface area contributed by atoms with Crippen LogP contribution in [0.2, 0.25) is 5.02 Å². The Morgan fingerprint density at radius 2 is 2.37 bits per heavy atom. The van der Waals surface area contributed by atoms with Crippen LogP contribution in [0.5, 0.6) is 0 Å². The maximum absolute atomic E-state index is 11.1. The van der Waals surface area contributed by atoms with Gasteiger partial charge in [0, 0.05) is 25.8 Å². The second kappa shape index (κ2) is 6.07. The average molecular weight is 304 g/mol. The summed E-state index contributed by atoms with van der Waals surface area (Å²) in [5, 5.41) is 0.638. The molecule has 1 atom stereocenters. The number of nitrogens with one attached hydrogen (secondary N) is 1. The summed E-state index contributed by atoms with van der Waals surface area (Å²) in [5.74, 6) is 1.08. The molecule has 0 radical (unpaired) electrons. The average Bonchev–Trinajstić information content (AvgIpc) is 2.36. The molecule has 2 heterocycles. The number of hydrogen-bond donors (Lipinski definition) is 1. The summed E-state index contributed by atoms with van der Waals surface area (Å²) >= 11 is 6.14. The Kier molecular flexibility index (Phi) is 4.65. The monoisotopic (exact) mass is 303 g/mol. The van der Waals surface area contributed by atoms with Crippen molar-refractivity contribution in [3.8, 4) is 0 Å². The van der Waals surface area contributed by atoms with Gasteiger partial charge in [-0.1, -0.05) is 11.6 Å². The number of halogens is 1. The smallest absolute Gasteiger partial charge is 0.208 e. The van der Waals surface area contributed by atoms with Crippen molar-refractivity contribution >= 4 is 27.4 Å². The first kappa shape index (κ1) is 14.6. The lowest BCUT2D eigenvalue weighted by Gasteiger charge is -2.33. The van der Waals surface area contributed by atoms with E-state index in [0.717, 1.165) is 31.7 Å². The Labute approximate surface area is 119 Å². The molecule has 1 aromatic heterocycles. The van der Waals surface area contributed by atoms with Gasteiger partial charge in [-0.25, -0.2) is 18.1 Å². The summed E-state index contributed by atoms with van der Waals surface area (Å²) in [6.45, 7) is 2.16. The summed E-state index contributed by atoms with van der Waals surface area (Å²) in [6, 6.07) is 3.63. The van der Waals surface area contributed by atoms with Gasteiger partial charge in [0.05, 0.1) is 11.3 Å². The van der Waals surface area contributed by atoms with Crippen molar-refractivity contribution in [1.29, 1.82) is 0 Å². The molecule has 1 aliphatic rings. The molecule has 0 aromatic carbocycles. The van der Waals surface area contributed by atoms with Crippen LogP contribution in [0.15, 0.2) is 18.3 Å². The van der Waals surface area contributed by atoms with Gasteiger partial charge in [-0.2, -0.15) is 0 Å². The zero-order valence-electron chi connectivity index (χ0n) is 10.8. The Morgan fingerprint density at radius 3 is 3.05 bits per heavy atom. The predicted octanol–water partition coefficient (Wildman–Crippen LogP) is 1.50. The Balaban J connectivity index is 1.99. The lowest BCUT2D eigenvalue weighted by Crippen LogP contribution is -2.41. The van der Waals surface area contributed by atoms with Crippen molar-refractivity contribution in [3.63, 3.8) is 0 Å². The van der Waals surface area contributed by atoms with Crippen molar-refractivity contribution in [2.45, 2.75) is 12.8 Å². The molecule has 2 rings (SSSR count). The molecule has 0 unspecified atom stereocenters. The van der Waals surface area contributed by atoms with E-state index in [2.05, 4.69) is 14.6 Å². The second-order valence-corrected chi connectivity index (χ2v) is 7.12. The maximum atomic E-state index is 11.1. The van der Waals surface area contributed by atoms with Crippen LogP contribution in [0.3, 0.4) is 0 Å². The number of pyridine rings is 1. The van der Waals surface area contributed by atoms with E-state index in [1.54, 1.807) is 12.3 Å². The Bertz CT molecular complexity index is 536. The zero-order chi connectivity index (χ0) is 13.9. The fourth-order valence-corrected chi connectivity index (χ4v) is 3.08. The number of sulfonamides is 1. The van der Waals surface area contributed by atoms with Crippen molar-refractivity contribution < 1.29 is 8.42 Å². The number of aromatic nitrogens is 1. The minimum atomic E-state index is -3.12. The van der Waals surface area contributed by atoms with Crippen LogP contribution in [0.1, 0.15) is 12.8 Å². The topological polar surface area (TPSA) is 62.3 Å². The van der Waals surface area contributed by atoms with Gasteiger partial charge in [0.25, 0.3) is 0 Å². The number of rotatable bonds is 4. The second-order valence-electron chi connectivity index (χ2n) is 4.88. The molecular weight excluding hydrogens is 286 g/mol. The highest BCUT2D eigenvalue weighted by Gasteiger charge is 2.22. The highest BCUT2D eigenvalue weighted by atomic mass is 35.5. The number of hydrogen-bond acceptors (Lipinski definition) is 4. The number of nitrogens with zero attached hydrogens (tertiary/aromatic N) is 2. The van der Waals surface area contributed by atoms with Crippen LogP contribution in [0.25, 0.3) is 0 Å². The van der Waals surface area contributed by atoms with E-state index in [1.807, 2.05) is 6.07 Å². The van der Waals surface area contributed by atoms with E-state index in [-0.39, 0.29) is 0 Å². The first-order valence-electron chi connectivity index (χ1n) is 6.26. The van der Waals surface area contributed by atoms with E-state index in [9.17, 15) is 8.42 Å². The lowest BCUT2D eigenvalue weighted by molar-refractivity contribution is 0.409. The quantitative estimate of drug-likeness (QED) is 0.915. The molecule has 1 aromatic rings. The van der Waals surface area contributed by atoms with Crippen LogP contribution < -0.4 is 9.62 Å². The molecule has 0 aliphatic carbocycles. The van der Waals surface area contributed by atoms with Gasteiger partial charge in [0.15, 0.2) is 0 Å². The van der Waals surface area contributed by atoms with Crippen LogP contribution in [-0.2, 0) is 10.0 Å². The SMILES string of the molecule is CS(=O)(=O)NC[C@@H]1CCCN(c2ncccc2Cl)C1. The van der Waals surface area contributed by atoms with Crippen molar-refractivity contribution in [1.82, 2.24) is 9.71 Å². The van der Waals surface area contributed by atoms with Gasteiger partial charge >= 0.3 is 0 Å². The minimum Gasteiger partial charge on any atom is -0.355 e. The molecule has 106 valence electrons. The number of anilines is 1. The van der Waals surface area contributed by atoms with Crippen molar-refractivity contribution in [3.05, 3.63) is 23.4 Å². The van der Waals surface area contributed by atoms with Crippen LogP contribution in [-0.4, -0.2) is 39.3 Å². The summed E-state index contributed by atoms with van der Waals surface area (Å²) in [5.41, 5.74) is 0. The molecule has 7 heteroatoms. The third-order valence-corrected chi connectivity index (χ3v) is 4.18. The van der Waals surface area contributed by atoms with Gasteiger partial charge in [0.1, 0.15) is 5.82 Å². The molecule has 5 nitrogen and oxygen atoms in total. The fourth-order valence-electron chi connectivity index (χ4n) is 2.30. The largest absolute Gasteiger partial charge is 0.355 e. The van der Waals surface area contributed by atoms with Crippen molar-refractivity contribution in [2.75, 3.05) is 30.8 Å². The van der Waals surface area contributed by atoms with Gasteiger partial charge in [-0.05, 0) is 30.9 Å². The summed E-state index contributed by atoms with van der Waals surface area (Å²) in [7, 11) is -3.12. The van der Waals surface area contributed by atoms with E-state index in [1.165, 1.54) is 6.26 Å². The highest BCUT2D eigenvalue weighted by Crippen LogP contribution is 2.27. The van der Waals surface area contributed by atoms with E-state index in [0.29, 0.717) is 17.5 Å². The molecule has 1 saturated heterocycles. The van der Waals surface area contributed by atoms with Crippen LogP contribution in [0.4, 0.5) is 5.82 Å². The predicted molar refractivity (Wildman–Crippen MR) is 77.0 cm³/mol. The van der Waals surface area contributed by atoms with Crippen LogP contribution >= 0.6 is 11.6 Å². The van der Waals surface area contributed by atoms with E-state index < -0.39 is 10.0 Å². The summed E-state index contributed by atoms with van der Waals surface area (Å²) in [4.78, 5) is 6.43. The first-order chi connectivity index (χ1) is 8.96. The number of piperidine rings is 1. The third kappa shape index (κ3) is 4.33. The van der Waals surface area contributed by atoms with Gasteiger partial charge < -0.3 is 4.90 Å². The minimum absolute atomic E-state index is 0.293. The summed E-state index contributed by atoms with van der Waals surface area (Å²) < 4.78 is 24.8. The molecule has 1 fully saturated rings. The van der Waals surface area contributed by atoms with Gasteiger partial charge in [-0.15, -0.1) is 0 Å². The molecule has 0 amide bonds. The summed E-state index contributed by atoms with van der Waals surface area (Å²) in [6.07, 6.45) is 4.94. The molecule has 1 aliphatic heterocycles. The molecule has 19 heavy (non-hydrogen) atoms. The van der Waals surface area contributed by atoms with Crippen molar-refractivity contribution in [2.24, 2.45) is 5.92 Å². The molecule has 1 N–H and O–H groups in total. The Morgan fingerprint density at radius 1 is 1.58 bits per heavy atom. The third-order valence-electron chi connectivity index (χ3n) is 3.19. The lowest BCUT2D eigenvalue weighted by atomic mass is 9.98.